The van der Waals surface area contributed by atoms with Gasteiger partial charge in [-0.05, 0) is 50.5 Å². The van der Waals surface area contributed by atoms with E-state index in [1.54, 1.807) is 12.1 Å². The lowest BCUT2D eigenvalue weighted by Crippen LogP contribution is -2.28. The number of nitrogens with zero attached hydrogens (tertiary/aromatic N) is 1. The lowest BCUT2D eigenvalue weighted by atomic mass is 9.87. The number of nitriles is 1. The average molecular weight is 414 g/mol. The zero-order chi connectivity index (χ0) is 18.3. The molecular weight excluding hydrogens is 397 g/mol. The lowest BCUT2D eigenvalue weighted by molar-refractivity contribution is -0.121. The number of hydrogen-bond acceptors (Lipinski definition) is 4. The number of hydrogen-bond donors (Lipinski definition) is 2. The van der Waals surface area contributed by atoms with Gasteiger partial charge in [0.25, 0.3) is 0 Å². The first kappa shape index (κ1) is 19.0. The molecule has 24 heavy (non-hydrogen) atoms. The van der Waals surface area contributed by atoms with Gasteiger partial charge in [-0.1, -0.05) is 15.9 Å². The van der Waals surface area contributed by atoms with Gasteiger partial charge in [0.1, 0.15) is 0 Å². The zero-order valence-corrected chi connectivity index (χ0v) is 15.7. The molecule has 0 radical (unpaired) electrons. The van der Waals surface area contributed by atoms with Gasteiger partial charge in [0, 0.05) is 16.0 Å². The van der Waals surface area contributed by atoms with Gasteiger partial charge in [-0.15, -0.1) is 0 Å². The van der Waals surface area contributed by atoms with Crippen LogP contribution in [0.25, 0.3) is 0 Å². The van der Waals surface area contributed by atoms with Crippen molar-refractivity contribution in [2.24, 2.45) is 11.8 Å². The van der Waals surface area contributed by atoms with E-state index < -0.39 is 30.2 Å². The SMILES string of the molecule is CC(C)(c1cc(Br)ccc1C(=O)C(C#N)C(=O)C1CC1)P(=O)(O)O. The Hall–Kier alpha value is -1.32. The van der Waals surface area contributed by atoms with Gasteiger partial charge < -0.3 is 9.79 Å². The van der Waals surface area contributed by atoms with Crippen molar-refractivity contribution in [1.29, 1.82) is 5.26 Å². The Balaban J connectivity index is 2.55. The Labute approximate surface area is 148 Å². The van der Waals surface area contributed by atoms with Crippen molar-refractivity contribution in [2.45, 2.75) is 31.8 Å². The molecule has 1 aromatic rings. The Morgan fingerprint density at radius 1 is 1.38 bits per heavy atom. The van der Waals surface area contributed by atoms with Crippen LogP contribution in [0, 0.1) is 23.2 Å². The normalized spacial score (nSPS) is 16.3. The van der Waals surface area contributed by atoms with E-state index in [9.17, 15) is 29.2 Å². The summed E-state index contributed by atoms with van der Waals surface area (Å²) in [6.07, 6.45) is 1.34. The molecule has 1 aromatic carbocycles. The summed E-state index contributed by atoms with van der Waals surface area (Å²) < 4.78 is 12.4. The highest BCUT2D eigenvalue weighted by Gasteiger charge is 2.44. The Kier molecular flexibility index (Phi) is 5.17. The number of Topliss-reactive ketones (excluding diaryl/α,β-unsaturated/α-hetero) is 2. The quantitative estimate of drug-likeness (QED) is 0.420. The molecule has 1 aliphatic carbocycles. The minimum absolute atomic E-state index is 0.00734. The van der Waals surface area contributed by atoms with Crippen LogP contribution in [0.15, 0.2) is 22.7 Å². The highest BCUT2D eigenvalue weighted by molar-refractivity contribution is 9.10. The molecule has 1 unspecified atom stereocenters. The van der Waals surface area contributed by atoms with Gasteiger partial charge in [0.15, 0.2) is 17.5 Å². The molecule has 0 aromatic heterocycles. The summed E-state index contributed by atoms with van der Waals surface area (Å²) in [5.74, 6) is -2.82. The molecule has 2 N–H and O–H groups in total. The molecular formula is C16H17BrNO5P. The van der Waals surface area contributed by atoms with Gasteiger partial charge in [0.2, 0.25) is 0 Å². The molecule has 6 nitrogen and oxygen atoms in total. The maximum atomic E-state index is 12.7. The van der Waals surface area contributed by atoms with Crippen molar-refractivity contribution in [3.63, 3.8) is 0 Å². The minimum atomic E-state index is -4.59. The van der Waals surface area contributed by atoms with Crippen molar-refractivity contribution in [1.82, 2.24) is 0 Å². The summed E-state index contributed by atoms with van der Waals surface area (Å²) in [6.45, 7) is 2.66. The highest BCUT2D eigenvalue weighted by Crippen LogP contribution is 2.57. The molecule has 1 atom stereocenters. The van der Waals surface area contributed by atoms with E-state index >= 15 is 0 Å². The first-order valence-electron chi connectivity index (χ1n) is 7.34. The van der Waals surface area contributed by atoms with E-state index in [-0.39, 0.29) is 17.0 Å². The fourth-order valence-corrected chi connectivity index (χ4v) is 3.26. The monoisotopic (exact) mass is 413 g/mol. The number of rotatable bonds is 6. The summed E-state index contributed by atoms with van der Waals surface area (Å²) >= 11 is 3.22. The summed E-state index contributed by atoms with van der Waals surface area (Å²) in [5.41, 5.74) is 0.103. The van der Waals surface area contributed by atoms with Crippen molar-refractivity contribution in [3.05, 3.63) is 33.8 Å². The van der Waals surface area contributed by atoms with Crippen LogP contribution in [0.4, 0.5) is 0 Å². The summed E-state index contributed by atoms with van der Waals surface area (Å²) in [6, 6.07) is 6.13. The molecule has 0 heterocycles. The van der Waals surface area contributed by atoms with Gasteiger partial charge in [-0.2, -0.15) is 5.26 Å². The molecule has 0 saturated heterocycles. The van der Waals surface area contributed by atoms with Crippen LogP contribution in [-0.2, 0) is 14.5 Å². The van der Waals surface area contributed by atoms with Gasteiger partial charge in [-0.3, -0.25) is 14.2 Å². The van der Waals surface area contributed by atoms with Crippen LogP contribution >= 0.6 is 23.5 Å². The third-order valence-corrected chi connectivity index (χ3v) is 6.48. The Morgan fingerprint density at radius 3 is 2.42 bits per heavy atom. The van der Waals surface area contributed by atoms with Crippen LogP contribution in [0.5, 0.6) is 0 Å². The molecule has 128 valence electrons. The second kappa shape index (κ2) is 6.53. The third kappa shape index (κ3) is 3.52. The van der Waals surface area contributed by atoms with Crippen molar-refractivity contribution in [3.8, 4) is 6.07 Å². The largest absolute Gasteiger partial charge is 0.335 e. The topological polar surface area (TPSA) is 115 Å². The Bertz CT molecular complexity index is 788. The standard InChI is InChI=1S/C16H17BrNO5P/c1-16(2,24(21,22)23)13-7-10(17)5-6-11(13)15(20)12(8-18)14(19)9-3-4-9/h5-7,9,12H,3-4H2,1-2H3,(H2,21,22,23). The lowest BCUT2D eigenvalue weighted by Gasteiger charge is -2.28. The number of carbonyl (C=O) groups is 2. The molecule has 0 bridgehead atoms. The predicted molar refractivity (Wildman–Crippen MR) is 90.4 cm³/mol. The molecule has 0 spiro atoms. The summed E-state index contributed by atoms with van der Waals surface area (Å²) in [7, 11) is -4.59. The fraction of sp³-hybridized carbons (Fsp3) is 0.438. The van der Waals surface area contributed by atoms with Crippen molar-refractivity contribution < 1.29 is 23.9 Å². The van der Waals surface area contributed by atoms with Crippen LogP contribution in [0.3, 0.4) is 0 Å². The van der Waals surface area contributed by atoms with Crippen LogP contribution < -0.4 is 0 Å². The van der Waals surface area contributed by atoms with E-state index in [1.165, 1.54) is 26.0 Å². The minimum Gasteiger partial charge on any atom is -0.324 e. The van der Waals surface area contributed by atoms with E-state index in [0.717, 1.165) is 0 Å². The Morgan fingerprint density at radius 2 is 1.96 bits per heavy atom. The van der Waals surface area contributed by atoms with Crippen LogP contribution in [0.1, 0.15) is 42.6 Å². The molecule has 8 heteroatoms. The predicted octanol–water partition coefficient (Wildman–Crippen LogP) is 3.16. The second-order valence-electron chi connectivity index (χ2n) is 6.40. The second-order valence-corrected chi connectivity index (χ2v) is 9.52. The summed E-state index contributed by atoms with van der Waals surface area (Å²) in [5, 5.41) is 7.62. The maximum absolute atomic E-state index is 12.7. The number of carbonyl (C=O) groups excluding carboxylic acids is 2. The molecule has 1 aliphatic rings. The first-order valence-corrected chi connectivity index (χ1v) is 9.74. The molecule has 0 aliphatic heterocycles. The van der Waals surface area contributed by atoms with Crippen LogP contribution in [0.2, 0.25) is 0 Å². The van der Waals surface area contributed by atoms with E-state index in [1.807, 2.05) is 0 Å². The molecule has 1 saturated carbocycles. The van der Waals surface area contributed by atoms with E-state index in [4.69, 9.17) is 0 Å². The fourth-order valence-electron chi connectivity index (χ4n) is 2.40. The van der Waals surface area contributed by atoms with Crippen molar-refractivity contribution >= 4 is 35.1 Å². The first-order chi connectivity index (χ1) is 11.0. The molecule has 0 amide bonds. The van der Waals surface area contributed by atoms with Gasteiger partial charge in [-0.25, -0.2) is 0 Å². The van der Waals surface area contributed by atoms with Gasteiger partial charge >= 0.3 is 7.60 Å². The number of ketones is 2. The number of halogens is 1. The van der Waals surface area contributed by atoms with E-state index in [0.29, 0.717) is 17.3 Å². The van der Waals surface area contributed by atoms with E-state index in [2.05, 4.69) is 15.9 Å². The maximum Gasteiger partial charge on any atom is 0.335 e. The summed E-state index contributed by atoms with van der Waals surface area (Å²) in [4.78, 5) is 44.2. The number of benzene rings is 1. The zero-order valence-electron chi connectivity index (χ0n) is 13.2. The van der Waals surface area contributed by atoms with Gasteiger partial charge in [0.05, 0.1) is 11.2 Å². The highest BCUT2D eigenvalue weighted by atomic mass is 79.9. The average Bonchev–Trinajstić information content (AvgIpc) is 3.31. The molecule has 2 rings (SSSR count). The molecule has 1 fully saturated rings. The van der Waals surface area contributed by atoms with Crippen LogP contribution in [-0.4, -0.2) is 21.4 Å². The third-order valence-electron chi connectivity index (χ3n) is 4.29. The smallest absolute Gasteiger partial charge is 0.324 e. The van der Waals surface area contributed by atoms with Crippen molar-refractivity contribution in [2.75, 3.05) is 0 Å².